The lowest BCUT2D eigenvalue weighted by Crippen LogP contribution is -2.63. The van der Waals surface area contributed by atoms with Crippen LogP contribution in [0.5, 0.6) is 5.75 Å². The van der Waals surface area contributed by atoms with E-state index in [9.17, 15) is 93.3 Å². The van der Waals surface area contributed by atoms with E-state index in [-0.39, 0.29) is 68.6 Å². The van der Waals surface area contributed by atoms with Crippen molar-refractivity contribution in [3.8, 4) is 5.75 Å². The van der Waals surface area contributed by atoms with Crippen LogP contribution in [0, 0.1) is 35.0 Å². The molecule has 0 aliphatic heterocycles. The van der Waals surface area contributed by atoms with Crippen LogP contribution in [-0.2, 0) is 64.0 Å². The van der Waals surface area contributed by atoms with E-state index in [1.165, 1.54) is 18.2 Å². The van der Waals surface area contributed by atoms with E-state index in [1.54, 1.807) is 52.9 Å². The van der Waals surface area contributed by atoms with Crippen molar-refractivity contribution in [2.45, 2.75) is 200 Å². The summed E-state index contributed by atoms with van der Waals surface area (Å²) in [6.07, 6.45) is -5.90. The second-order valence-electron chi connectivity index (χ2n) is 24.0. The average molecular weight is 1300 g/mol. The zero-order valence-electron chi connectivity index (χ0n) is 53.5. The van der Waals surface area contributed by atoms with E-state index < -0.39 is 181 Å². The minimum absolute atomic E-state index is 0.00333. The van der Waals surface area contributed by atoms with Crippen LogP contribution < -0.4 is 70.0 Å². The number of phenolic OH excluding ortho intramolecular Hbond substituents is 1. The van der Waals surface area contributed by atoms with Gasteiger partial charge >= 0.3 is 11.9 Å². The SMILES string of the molecule is CC[C@H](C)[C@H](NC(=O)[C@@H](CCCNC(=N)N)NC(=O)[C@H](CC(C)C)NC(=O)[C@@H](NC(=O)[C@H](Cc1cccc(O)c1)NC(=O)[C@H](CC(C)C)NC(=O)[C@H](N)CC(C)C)C(O)C(C)C)C(=O)N[C@H](C(=O)NCC(=O)N[C@H](C(=O)N[C@@H](CO)C(=O)O)C(O)C(=O)O)[C@H](C)O. The highest BCUT2D eigenvalue weighted by atomic mass is 16.4. The van der Waals surface area contributed by atoms with E-state index in [4.69, 9.17) is 16.9 Å². The van der Waals surface area contributed by atoms with Crippen LogP contribution >= 0.6 is 0 Å². The molecule has 23 N–H and O–H groups in total. The first-order chi connectivity index (χ1) is 42.3. The van der Waals surface area contributed by atoms with Crippen LogP contribution in [0.25, 0.3) is 0 Å². The number of carboxylic acid groups (broad SMARTS) is 2. The zero-order valence-corrected chi connectivity index (χ0v) is 53.5. The van der Waals surface area contributed by atoms with Gasteiger partial charge in [0.15, 0.2) is 12.1 Å². The Balaban J connectivity index is 3.67. The molecule has 0 fully saturated rings. The molecular weight excluding hydrogens is 1200 g/mol. The van der Waals surface area contributed by atoms with E-state index in [0.717, 1.165) is 6.92 Å². The van der Waals surface area contributed by atoms with Gasteiger partial charge in [-0.15, -0.1) is 0 Å². The summed E-state index contributed by atoms with van der Waals surface area (Å²) in [5.74, 6) is -16.8. The molecule has 0 aliphatic rings. The molecule has 0 aliphatic carbocycles. The number of aliphatic hydroxyl groups excluding tert-OH is 4. The van der Waals surface area contributed by atoms with Gasteiger partial charge in [-0.3, -0.25) is 53.4 Å². The molecule has 33 nitrogen and oxygen atoms in total. The van der Waals surface area contributed by atoms with Crippen molar-refractivity contribution >= 4 is 77.0 Å². The molecule has 91 heavy (non-hydrogen) atoms. The van der Waals surface area contributed by atoms with E-state index in [0.29, 0.717) is 12.0 Å². The van der Waals surface area contributed by atoms with Gasteiger partial charge in [0.1, 0.15) is 60.1 Å². The Morgan fingerprint density at radius 3 is 1.49 bits per heavy atom. The monoisotopic (exact) mass is 1290 g/mol. The van der Waals surface area contributed by atoms with Crippen molar-refractivity contribution in [2.24, 2.45) is 41.1 Å². The van der Waals surface area contributed by atoms with Crippen LogP contribution in [0.2, 0.25) is 0 Å². The van der Waals surface area contributed by atoms with Crippen molar-refractivity contribution in [1.29, 1.82) is 5.41 Å². The van der Waals surface area contributed by atoms with E-state index in [2.05, 4.69) is 47.9 Å². The second kappa shape index (κ2) is 39.8. The van der Waals surface area contributed by atoms with Crippen LogP contribution in [0.15, 0.2) is 24.3 Å². The maximum Gasteiger partial charge on any atom is 0.335 e. The molecule has 0 saturated carbocycles. The van der Waals surface area contributed by atoms with Gasteiger partial charge in [-0.2, -0.15) is 0 Å². The maximum absolute atomic E-state index is 14.6. The molecule has 1 rings (SSSR count). The van der Waals surface area contributed by atoms with Crippen LogP contribution in [-0.4, -0.2) is 211 Å². The van der Waals surface area contributed by atoms with Gasteiger partial charge in [0.05, 0.1) is 31.4 Å². The van der Waals surface area contributed by atoms with Gasteiger partial charge in [0, 0.05) is 13.0 Å². The molecule has 0 heterocycles. The summed E-state index contributed by atoms with van der Waals surface area (Å²) in [5.41, 5.74) is 12.0. The lowest BCUT2D eigenvalue weighted by molar-refractivity contribution is -0.152. The molecule has 0 saturated heterocycles. The number of carboxylic acids is 2. The quantitative estimate of drug-likeness (QED) is 0.0166. The van der Waals surface area contributed by atoms with Gasteiger partial charge < -0.3 is 106 Å². The lowest BCUT2D eigenvalue weighted by atomic mass is 9.96. The number of carbonyl (C=O) groups is 12. The lowest BCUT2D eigenvalue weighted by Gasteiger charge is -2.31. The third kappa shape index (κ3) is 29.1. The van der Waals surface area contributed by atoms with Crippen LogP contribution in [0.3, 0.4) is 0 Å². The Labute approximate surface area is 528 Å². The second-order valence-corrected chi connectivity index (χ2v) is 24.0. The van der Waals surface area contributed by atoms with E-state index in [1.807, 2.05) is 33.0 Å². The highest BCUT2D eigenvalue weighted by Gasteiger charge is 2.40. The van der Waals surface area contributed by atoms with E-state index >= 15 is 0 Å². The average Bonchev–Trinajstić information content (AvgIpc) is 1.74. The summed E-state index contributed by atoms with van der Waals surface area (Å²) in [6, 6.07) is -10.4. The zero-order chi connectivity index (χ0) is 69.7. The number of carbonyl (C=O) groups excluding carboxylic acids is 10. The number of hydrogen-bond acceptors (Lipinski definition) is 19. The number of rotatable bonds is 41. The standard InChI is InChI=1S/C58H98N14O19/c1-12-30(10)41(53(85)71-42(31(11)74)52(84)63-24-40(76)69-44(46(78)57(90)91)55(87)68-39(25-73)56(88)89)70-48(80)35(17-14-18-62-58(60)61)64-49(81)37(21-28(6)7)67-54(86)43(45(77)29(8)9)72-51(83)38(23-32-15-13-16-33(75)22-32)66-50(82)36(20-27(4)5)65-47(79)34(59)19-26(2)3/h13,15-16,22,26-31,34-39,41-46,73-75,77-78H,12,14,17-21,23-25,59H2,1-11H3,(H,63,84)(H,64,81)(H,65,79)(H,66,82)(H,67,86)(H,68,87)(H,69,76)(H,70,80)(H,71,85)(H,72,83)(H,88,89)(H,90,91)(H4,60,61,62)/t30-,31-,34+,35+,36-,37-,38-,39-,41-,42-,43-,44-,45?,46?/m0/s1. The number of amides is 10. The van der Waals surface area contributed by atoms with Gasteiger partial charge in [-0.05, 0) is 86.3 Å². The molecule has 0 spiro atoms. The fraction of sp³-hybridized carbons (Fsp3) is 0.672. The molecule has 0 aromatic heterocycles. The first-order valence-electron chi connectivity index (χ1n) is 30.1. The molecule has 2 unspecified atom stereocenters. The largest absolute Gasteiger partial charge is 0.508 e. The first-order valence-corrected chi connectivity index (χ1v) is 30.1. The number of nitrogens with two attached hydrogens (primary N) is 2. The molecule has 33 heteroatoms. The predicted molar refractivity (Wildman–Crippen MR) is 328 cm³/mol. The smallest absolute Gasteiger partial charge is 0.335 e. The minimum atomic E-state index is -2.66. The summed E-state index contributed by atoms with van der Waals surface area (Å²) in [7, 11) is 0. The number of benzene rings is 1. The fourth-order valence-corrected chi connectivity index (χ4v) is 8.96. The summed E-state index contributed by atoms with van der Waals surface area (Å²) in [5, 5.41) is 104. The Kier molecular flexibility index (Phi) is 35.3. The minimum Gasteiger partial charge on any atom is -0.508 e. The van der Waals surface area contributed by atoms with Gasteiger partial charge in [0.2, 0.25) is 59.1 Å². The van der Waals surface area contributed by atoms with Crippen molar-refractivity contribution in [3.05, 3.63) is 29.8 Å². The number of aliphatic hydroxyl groups is 4. The van der Waals surface area contributed by atoms with Crippen molar-refractivity contribution in [3.63, 3.8) is 0 Å². The van der Waals surface area contributed by atoms with Crippen molar-refractivity contribution < 1.29 is 93.3 Å². The Hall–Kier alpha value is -8.27. The Bertz CT molecular complexity index is 2640. The molecule has 1 aromatic rings. The number of hydrogen-bond donors (Lipinski definition) is 21. The number of guanidine groups is 1. The first kappa shape index (κ1) is 80.7. The highest BCUT2D eigenvalue weighted by Crippen LogP contribution is 2.17. The normalized spacial score (nSPS) is 16.0. The molecule has 0 radical (unpaired) electrons. The molecule has 10 amide bonds. The van der Waals surface area contributed by atoms with Gasteiger partial charge in [0.25, 0.3) is 0 Å². The summed E-state index contributed by atoms with van der Waals surface area (Å²) in [4.78, 5) is 161. The predicted octanol–water partition coefficient (Wildman–Crippen LogP) is -4.89. The number of aromatic hydroxyl groups is 1. The number of phenols is 1. The third-order valence-corrected chi connectivity index (χ3v) is 14.2. The summed E-state index contributed by atoms with van der Waals surface area (Å²) < 4.78 is 0. The molecule has 514 valence electrons. The topological polar surface area (TPSA) is 555 Å². The molecule has 1 aromatic carbocycles. The number of nitrogens with one attached hydrogen (secondary N) is 12. The molecule has 14 atom stereocenters. The summed E-state index contributed by atoms with van der Waals surface area (Å²) >= 11 is 0. The Morgan fingerprint density at radius 1 is 0.538 bits per heavy atom. The van der Waals surface area contributed by atoms with Crippen LogP contribution in [0.1, 0.15) is 120 Å². The van der Waals surface area contributed by atoms with Gasteiger partial charge in [-0.1, -0.05) is 87.8 Å². The molecular formula is C58H98N14O19. The van der Waals surface area contributed by atoms with Crippen molar-refractivity contribution in [2.75, 3.05) is 19.7 Å². The molecule has 0 bridgehead atoms. The van der Waals surface area contributed by atoms with Gasteiger partial charge in [-0.25, -0.2) is 9.59 Å². The Morgan fingerprint density at radius 2 is 1.01 bits per heavy atom. The highest BCUT2D eigenvalue weighted by molar-refractivity contribution is 5.99. The van der Waals surface area contributed by atoms with Crippen LogP contribution in [0.4, 0.5) is 0 Å². The summed E-state index contributed by atoms with van der Waals surface area (Å²) in [6.45, 7) is 15.9. The maximum atomic E-state index is 14.6. The fourth-order valence-electron chi connectivity index (χ4n) is 8.96. The number of aliphatic carboxylic acids is 2. The van der Waals surface area contributed by atoms with Crippen molar-refractivity contribution in [1.82, 2.24) is 58.5 Å². The third-order valence-electron chi connectivity index (χ3n) is 14.2.